The smallest absolute Gasteiger partial charge is 0.167 e. The van der Waals surface area contributed by atoms with Gasteiger partial charge in [0.2, 0.25) is 0 Å². The minimum atomic E-state index is -0.372. The highest BCUT2D eigenvalue weighted by molar-refractivity contribution is 5.49. The summed E-state index contributed by atoms with van der Waals surface area (Å²) in [6, 6.07) is 6.86. The molecule has 1 rings (SSSR count). The summed E-state index contributed by atoms with van der Waals surface area (Å²) in [7, 11) is 1.83. The predicted octanol–water partition coefficient (Wildman–Crippen LogP) is 2.57. The van der Waals surface area contributed by atoms with Crippen LogP contribution in [0.4, 0.5) is 10.1 Å². The van der Waals surface area contributed by atoms with Crippen molar-refractivity contribution in [1.29, 1.82) is 5.26 Å². The molecule has 0 radical (unpaired) electrons. The molecular weight excluding hydrogens is 207 g/mol. The lowest BCUT2D eigenvalue weighted by Crippen LogP contribution is -2.18. The van der Waals surface area contributed by atoms with Crippen molar-refractivity contribution in [3.63, 3.8) is 0 Å². The molecule has 0 aliphatic heterocycles. The maximum absolute atomic E-state index is 13.5. The van der Waals surface area contributed by atoms with E-state index in [2.05, 4.69) is 6.07 Å². The topological polar surface area (TPSA) is 36.3 Å². The number of hydrogen-bond donors (Lipinski definition) is 0. The van der Waals surface area contributed by atoms with Crippen LogP contribution in [0, 0.1) is 17.1 Å². The molecule has 0 N–H and O–H groups in total. The summed E-state index contributed by atoms with van der Waals surface area (Å²) in [5.74, 6) is -0.108. The molecule has 0 aliphatic rings. The minimum absolute atomic E-state index is 0.264. The predicted molar refractivity (Wildman–Crippen MR) is 61.1 cm³/mol. The maximum atomic E-state index is 13.5. The van der Waals surface area contributed by atoms with Gasteiger partial charge in [0, 0.05) is 25.3 Å². The average molecular weight is 222 g/mol. The zero-order valence-electron chi connectivity index (χ0n) is 9.53. The number of nitriles is 1. The molecule has 1 aromatic carbocycles. The molecule has 0 fully saturated rings. The van der Waals surface area contributed by atoms with E-state index in [0.29, 0.717) is 19.6 Å². The Morgan fingerprint density at radius 2 is 2.25 bits per heavy atom. The van der Waals surface area contributed by atoms with E-state index >= 15 is 0 Å². The molecule has 0 bridgehead atoms. The molecule has 0 saturated heterocycles. The van der Waals surface area contributed by atoms with Gasteiger partial charge in [-0.25, -0.2) is 4.39 Å². The molecule has 0 amide bonds. The molecule has 0 aromatic heterocycles. The summed E-state index contributed by atoms with van der Waals surface area (Å²) < 4.78 is 18.6. The number of halogens is 1. The third kappa shape index (κ3) is 3.13. The van der Waals surface area contributed by atoms with Crippen molar-refractivity contribution in [2.75, 3.05) is 25.1 Å². The van der Waals surface area contributed by atoms with Gasteiger partial charge in [-0.15, -0.1) is 0 Å². The summed E-state index contributed by atoms with van der Waals surface area (Å²) in [5, 5.41) is 8.46. The van der Waals surface area contributed by atoms with Crippen molar-refractivity contribution in [2.24, 2.45) is 0 Å². The Morgan fingerprint density at radius 3 is 2.81 bits per heavy atom. The first-order valence-corrected chi connectivity index (χ1v) is 5.19. The highest BCUT2D eigenvalue weighted by Crippen LogP contribution is 2.23. The fourth-order valence-electron chi connectivity index (χ4n) is 1.35. The third-order valence-electron chi connectivity index (χ3n) is 2.22. The van der Waals surface area contributed by atoms with Crippen LogP contribution in [0.15, 0.2) is 18.2 Å². The van der Waals surface area contributed by atoms with E-state index in [1.165, 1.54) is 6.07 Å². The van der Waals surface area contributed by atoms with Gasteiger partial charge >= 0.3 is 0 Å². The summed E-state index contributed by atoms with van der Waals surface area (Å²) in [4.78, 5) is 1.84. The summed E-state index contributed by atoms with van der Waals surface area (Å²) in [5.41, 5.74) is 0.746. The van der Waals surface area contributed by atoms with Crippen molar-refractivity contribution >= 4 is 5.69 Å². The van der Waals surface area contributed by atoms with Gasteiger partial charge in [-0.05, 0) is 19.1 Å². The van der Waals surface area contributed by atoms with Crippen LogP contribution in [-0.2, 0) is 0 Å². The quantitative estimate of drug-likeness (QED) is 0.768. The van der Waals surface area contributed by atoms with Gasteiger partial charge in [0.25, 0.3) is 0 Å². The first kappa shape index (κ1) is 12.3. The lowest BCUT2D eigenvalue weighted by molar-refractivity contribution is 0.321. The molecule has 4 heteroatoms. The van der Waals surface area contributed by atoms with Crippen LogP contribution in [0.3, 0.4) is 0 Å². The molecule has 3 nitrogen and oxygen atoms in total. The molecule has 0 unspecified atom stereocenters. The Labute approximate surface area is 95.1 Å². The van der Waals surface area contributed by atoms with Crippen LogP contribution in [0.25, 0.3) is 0 Å². The van der Waals surface area contributed by atoms with E-state index in [4.69, 9.17) is 10.00 Å². The van der Waals surface area contributed by atoms with Crippen LogP contribution < -0.4 is 9.64 Å². The van der Waals surface area contributed by atoms with E-state index in [0.717, 1.165) is 5.69 Å². The van der Waals surface area contributed by atoms with Crippen molar-refractivity contribution in [1.82, 2.24) is 0 Å². The average Bonchev–Trinajstić information content (AvgIpc) is 2.29. The second-order valence-electron chi connectivity index (χ2n) is 3.38. The van der Waals surface area contributed by atoms with Gasteiger partial charge in [-0.1, -0.05) is 0 Å². The second-order valence-corrected chi connectivity index (χ2v) is 3.38. The molecule has 0 spiro atoms. The fourth-order valence-corrected chi connectivity index (χ4v) is 1.35. The number of hydrogen-bond acceptors (Lipinski definition) is 3. The number of nitrogens with zero attached hydrogens (tertiary/aromatic N) is 2. The van der Waals surface area contributed by atoms with Gasteiger partial charge < -0.3 is 9.64 Å². The zero-order valence-corrected chi connectivity index (χ0v) is 9.53. The lowest BCUT2D eigenvalue weighted by atomic mass is 10.2. The van der Waals surface area contributed by atoms with Gasteiger partial charge in [-0.3, -0.25) is 0 Å². The van der Waals surface area contributed by atoms with Crippen molar-refractivity contribution in [3.8, 4) is 11.8 Å². The van der Waals surface area contributed by atoms with Crippen molar-refractivity contribution < 1.29 is 9.13 Å². The molecule has 86 valence electrons. The lowest BCUT2D eigenvalue weighted by Gasteiger charge is -2.18. The van der Waals surface area contributed by atoms with Gasteiger partial charge in [0.15, 0.2) is 11.6 Å². The van der Waals surface area contributed by atoms with Crippen LogP contribution in [0.1, 0.15) is 13.3 Å². The molecule has 0 saturated carbocycles. The SMILES string of the molecule is CCOc1ccc(N(C)CCC#N)cc1F. The monoisotopic (exact) mass is 222 g/mol. The third-order valence-corrected chi connectivity index (χ3v) is 2.22. The highest BCUT2D eigenvalue weighted by Gasteiger charge is 2.06. The molecule has 0 aliphatic carbocycles. The number of benzene rings is 1. The Balaban J connectivity index is 2.76. The number of anilines is 1. The Hall–Kier alpha value is -1.76. The number of ether oxygens (including phenoxy) is 1. The Bertz CT molecular complexity index is 387. The first-order valence-electron chi connectivity index (χ1n) is 5.19. The summed E-state index contributed by atoms with van der Waals surface area (Å²) in [6.45, 7) is 2.84. The normalized spacial score (nSPS) is 9.62. The van der Waals surface area contributed by atoms with Gasteiger partial charge in [0.1, 0.15) is 0 Å². The van der Waals surface area contributed by atoms with E-state index < -0.39 is 0 Å². The highest BCUT2D eigenvalue weighted by atomic mass is 19.1. The first-order chi connectivity index (χ1) is 7.69. The largest absolute Gasteiger partial charge is 0.491 e. The molecule has 0 heterocycles. The summed E-state index contributed by atoms with van der Waals surface area (Å²) >= 11 is 0. The fraction of sp³-hybridized carbons (Fsp3) is 0.417. The molecule has 0 atom stereocenters. The maximum Gasteiger partial charge on any atom is 0.167 e. The van der Waals surface area contributed by atoms with Crippen LogP contribution in [0.5, 0.6) is 5.75 Å². The summed E-state index contributed by atoms with van der Waals surface area (Å²) in [6.07, 6.45) is 0.422. The van der Waals surface area contributed by atoms with Crippen LogP contribution in [-0.4, -0.2) is 20.2 Å². The number of rotatable bonds is 5. The standard InChI is InChI=1S/C12H15FN2O/c1-3-16-12-6-5-10(9-11(12)13)15(2)8-4-7-14/h5-6,9H,3-4,8H2,1-2H3. The van der Waals surface area contributed by atoms with Crippen molar-refractivity contribution in [2.45, 2.75) is 13.3 Å². The van der Waals surface area contributed by atoms with Crippen molar-refractivity contribution in [3.05, 3.63) is 24.0 Å². The van der Waals surface area contributed by atoms with E-state index in [1.807, 2.05) is 18.9 Å². The minimum Gasteiger partial charge on any atom is -0.491 e. The van der Waals surface area contributed by atoms with Gasteiger partial charge in [0.05, 0.1) is 19.1 Å². The van der Waals surface area contributed by atoms with Crippen LogP contribution >= 0.6 is 0 Å². The van der Waals surface area contributed by atoms with Gasteiger partial charge in [-0.2, -0.15) is 5.26 Å². The van der Waals surface area contributed by atoms with E-state index in [9.17, 15) is 4.39 Å². The molecule has 1 aromatic rings. The van der Waals surface area contributed by atoms with E-state index in [1.54, 1.807) is 12.1 Å². The zero-order chi connectivity index (χ0) is 12.0. The van der Waals surface area contributed by atoms with E-state index in [-0.39, 0.29) is 11.6 Å². The second kappa shape index (κ2) is 5.96. The Morgan fingerprint density at radius 1 is 1.50 bits per heavy atom. The Kier molecular flexibility index (Phi) is 4.59. The molecule has 16 heavy (non-hydrogen) atoms. The molecular formula is C12H15FN2O. The van der Waals surface area contributed by atoms with Crippen LogP contribution in [0.2, 0.25) is 0 Å².